The SMILES string of the molecule is CC=Nc1c(C)c2c(n1C)C=CCC2. The number of aromatic nitrogens is 1. The fraction of sp³-hybridized carbons (Fsp3) is 0.417. The first-order valence-electron chi connectivity index (χ1n) is 5.09. The molecule has 0 aromatic carbocycles. The third-order valence-corrected chi connectivity index (χ3v) is 2.86. The molecule has 0 saturated heterocycles. The topological polar surface area (TPSA) is 17.3 Å². The van der Waals surface area contributed by atoms with Crippen LogP contribution in [0.5, 0.6) is 0 Å². The highest BCUT2D eigenvalue weighted by atomic mass is 15.1. The third kappa shape index (κ3) is 1.22. The van der Waals surface area contributed by atoms with Gasteiger partial charge >= 0.3 is 0 Å². The van der Waals surface area contributed by atoms with Gasteiger partial charge in [-0.1, -0.05) is 6.08 Å². The van der Waals surface area contributed by atoms with Gasteiger partial charge in [-0.25, -0.2) is 4.99 Å². The average Bonchev–Trinajstić information content (AvgIpc) is 2.45. The van der Waals surface area contributed by atoms with Crippen molar-refractivity contribution in [2.75, 3.05) is 0 Å². The molecule has 2 heteroatoms. The normalized spacial score (nSPS) is 15.1. The Morgan fingerprint density at radius 3 is 2.93 bits per heavy atom. The summed E-state index contributed by atoms with van der Waals surface area (Å²) in [6, 6.07) is 0. The molecule has 1 aromatic heterocycles. The Balaban J connectivity index is 2.64. The Kier molecular flexibility index (Phi) is 2.28. The van der Waals surface area contributed by atoms with E-state index < -0.39 is 0 Å². The first kappa shape index (κ1) is 9.25. The zero-order valence-corrected chi connectivity index (χ0v) is 9.04. The number of aliphatic imine (C=N–C) groups is 1. The maximum atomic E-state index is 4.41. The van der Waals surface area contributed by atoms with Gasteiger partial charge in [0.2, 0.25) is 0 Å². The summed E-state index contributed by atoms with van der Waals surface area (Å²) >= 11 is 0. The summed E-state index contributed by atoms with van der Waals surface area (Å²) in [5, 5.41) is 0. The molecule has 0 aliphatic heterocycles. The summed E-state index contributed by atoms with van der Waals surface area (Å²) in [5.41, 5.74) is 4.13. The van der Waals surface area contributed by atoms with Gasteiger partial charge in [-0.2, -0.15) is 0 Å². The molecule has 0 amide bonds. The Bertz CT molecular complexity index is 408. The molecule has 0 spiro atoms. The van der Waals surface area contributed by atoms with Crippen LogP contribution in [0.4, 0.5) is 5.82 Å². The summed E-state index contributed by atoms with van der Waals surface area (Å²) in [6.07, 6.45) is 8.62. The zero-order chi connectivity index (χ0) is 10.1. The van der Waals surface area contributed by atoms with E-state index in [4.69, 9.17) is 0 Å². The van der Waals surface area contributed by atoms with Crippen LogP contribution >= 0.6 is 0 Å². The van der Waals surface area contributed by atoms with E-state index in [1.54, 1.807) is 0 Å². The number of hydrogen-bond donors (Lipinski definition) is 0. The maximum Gasteiger partial charge on any atom is 0.135 e. The molecule has 74 valence electrons. The van der Waals surface area contributed by atoms with Crippen molar-refractivity contribution in [1.29, 1.82) is 0 Å². The van der Waals surface area contributed by atoms with Gasteiger partial charge in [0, 0.05) is 19.0 Å². The van der Waals surface area contributed by atoms with Gasteiger partial charge in [-0.15, -0.1) is 0 Å². The summed E-state index contributed by atoms with van der Waals surface area (Å²) in [5.74, 6) is 1.10. The molecule has 0 radical (unpaired) electrons. The Morgan fingerprint density at radius 2 is 2.29 bits per heavy atom. The average molecular weight is 188 g/mol. The number of allylic oxidation sites excluding steroid dienone is 1. The van der Waals surface area contributed by atoms with Crippen molar-refractivity contribution in [3.63, 3.8) is 0 Å². The van der Waals surface area contributed by atoms with Crippen molar-refractivity contribution in [1.82, 2.24) is 4.57 Å². The van der Waals surface area contributed by atoms with Crippen LogP contribution in [0, 0.1) is 6.92 Å². The molecule has 0 atom stereocenters. The van der Waals surface area contributed by atoms with Gasteiger partial charge in [0.05, 0.1) is 0 Å². The van der Waals surface area contributed by atoms with Crippen LogP contribution < -0.4 is 0 Å². The molecule has 0 saturated carbocycles. The monoisotopic (exact) mass is 188 g/mol. The van der Waals surface area contributed by atoms with Gasteiger partial charge in [0.15, 0.2) is 0 Å². The number of fused-ring (bicyclic) bond motifs is 1. The predicted molar refractivity (Wildman–Crippen MR) is 61.3 cm³/mol. The van der Waals surface area contributed by atoms with E-state index in [-0.39, 0.29) is 0 Å². The molecule has 1 aliphatic carbocycles. The summed E-state index contributed by atoms with van der Waals surface area (Å²) < 4.78 is 2.18. The van der Waals surface area contributed by atoms with Crippen LogP contribution in [-0.2, 0) is 13.5 Å². The van der Waals surface area contributed by atoms with Crippen molar-refractivity contribution in [2.45, 2.75) is 26.7 Å². The summed E-state index contributed by atoms with van der Waals surface area (Å²) in [7, 11) is 2.09. The van der Waals surface area contributed by atoms with Crippen molar-refractivity contribution in [3.05, 3.63) is 22.9 Å². The predicted octanol–water partition coefficient (Wildman–Crippen LogP) is 3.02. The number of hydrogen-bond acceptors (Lipinski definition) is 1. The molecular formula is C12H16N2. The second-order valence-electron chi connectivity index (χ2n) is 3.70. The quantitative estimate of drug-likeness (QED) is 0.603. The Labute approximate surface area is 85.0 Å². The summed E-state index contributed by atoms with van der Waals surface area (Å²) in [6.45, 7) is 4.13. The number of rotatable bonds is 1. The van der Waals surface area contributed by atoms with Crippen LogP contribution in [0.15, 0.2) is 11.1 Å². The standard InChI is InChI=1S/C12H16N2/c1-4-13-12-9(2)10-7-5-6-8-11(10)14(12)3/h4,6,8H,5,7H2,1-3H3. The minimum Gasteiger partial charge on any atom is -0.329 e. The molecule has 0 N–H and O–H groups in total. The van der Waals surface area contributed by atoms with Crippen molar-refractivity contribution < 1.29 is 0 Å². The van der Waals surface area contributed by atoms with E-state index >= 15 is 0 Å². The molecule has 2 nitrogen and oxygen atoms in total. The van der Waals surface area contributed by atoms with Crippen molar-refractivity contribution >= 4 is 18.1 Å². The minimum atomic E-state index is 1.10. The number of nitrogens with zero attached hydrogens (tertiary/aromatic N) is 2. The molecule has 2 rings (SSSR count). The molecule has 0 bridgehead atoms. The largest absolute Gasteiger partial charge is 0.329 e. The smallest absolute Gasteiger partial charge is 0.135 e. The molecule has 1 heterocycles. The molecular weight excluding hydrogens is 172 g/mol. The van der Waals surface area contributed by atoms with Gasteiger partial charge in [-0.05, 0) is 43.9 Å². The van der Waals surface area contributed by atoms with Crippen LogP contribution in [0.25, 0.3) is 6.08 Å². The molecule has 0 unspecified atom stereocenters. The maximum absolute atomic E-state index is 4.41. The third-order valence-electron chi connectivity index (χ3n) is 2.86. The van der Waals surface area contributed by atoms with E-state index in [1.165, 1.54) is 16.8 Å². The van der Waals surface area contributed by atoms with Crippen molar-refractivity contribution in [3.8, 4) is 0 Å². The van der Waals surface area contributed by atoms with Gasteiger partial charge in [0.1, 0.15) is 5.82 Å². The highest BCUT2D eigenvalue weighted by Gasteiger charge is 2.16. The van der Waals surface area contributed by atoms with Gasteiger partial charge < -0.3 is 4.57 Å². The lowest BCUT2D eigenvalue weighted by Gasteiger charge is -2.06. The highest BCUT2D eigenvalue weighted by molar-refractivity contribution is 5.67. The lowest BCUT2D eigenvalue weighted by molar-refractivity contribution is 0.885. The van der Waals surface area contributed by atoms with E-state index in [0.29, 0.717) is 0 Å². The molecule has 14 heavy (non-hydrogen) atoms. The van der Waals surface area contributed by atoms with Crippen LogP contribution in [0.3, 0.4) is 0 Å². The lowest BCUT2D eigenvalue weighted by atomic mass is 10.0. The first-order valence-corrected chi connectivity index (χ1v) is 5.09. The highest BCUT2D eigenvalue weighted by Crippen LogP contribution is 2.32. The van der Waals surface area contributed by atoms with Crippen LogP contribution in [0.1, 0.15) is 30.2 Å². The van der Waals surface area contributed by atoms with E-state index in [9.17, 15) is 0 Å². The fourth-order valence-electron chi connectivity index (χ4n) is 2.15. The van der Waals surface area contributed by atoms with Crippen molar-refractivity contribution in [2.24, 2.45) is 12.0 Å². The fourth-order valence-corrected chi connectivity index (χ4v) is 2.15. The lowest BCUT2D eigenvalue weighted by Crippen LogP contribution is -1.96. The van der Waals surface area contributed by atoms with Crippen LogP contribution in [-0.4, -0.2) is 10.8 Å². The van der Waals surface area contributed by atoms with E-state index in [1.807, 2.05) is 13.1 Å². The zero-order valence-electron chi connectivity index (χ0n) is 9.04. The van der Waals surface area contributed by atoms with E-state index in [0.717, 1.165) is 18.7 Å². The van der Waals surface area contributed by atoms with Gasteiger partial charge in [-0.3, -0.25) is 0 Å². The van der Waals surface area contributed by atoms with E-state index in [2.05, 4.69) is 35.7 Å². The first-order chi connectivity index (χ1) is 6.75. The second kappa shape index (κ2) is 3.45. The minimum absolute atomic E-state index is 1.10. The molecule has 1 aliphatic rings. The van der Waals surface area contributed by atoms with Crippen LogP contribution in [0.2, 0.25) is 0 Å². The Hall–Kier alpha value is -1.31. The Morgan fingerprint density at radius 1 is 1.50 bits per heavy atom. The summed E-state index contributed by atoms with van der Waals surface area (Å²) in [4.78, 5) is 4.41. The second-order valence-corrected chi connectivity index (χ2v) is 3.70. The molecule has 0 fully saturated rings. The molecule has 1 aromatic rings. The van der Waals surface area contributed by atoms with Gasteiger partial charge in [0.25, 0.3) is 0 Å².